The first-order valence-corrected chi connectivity index (χ1v) is 7.06. The molecule has 4 nitrogen and oxygen atoms in total. The second-order valence-electron chi connectivity index (χ2n) is 3.25. The van der Waals surface area contributed by atoms with Gasteiger partial charge in [-0.1, -0.05) is 0 Å². The van der Waals surface area contributed by atoms with Gasteiger partial charge in [0.05, 0.1) is 0 Å². The van der Waals surface area contributed by atoms with Crippen LogP contribution in [-0.4, -0.2) is 39.0 Å². The van der Waals surface area contributed by atoms with Crippen molar-refractivity contribution in [3.63, 3.8) is 0 Å². The Kier molecular flexibility index (Phi) is 3.96. The van der Waals surface area contributed by atoms with Gasteiger partial charge in [-0.2, -0.15) is 28.5 Å². The van der Waals surface area contributed by atoms with Crippen molar-refractivity contribution in [3.05, 3.63) is 12.3 Å². The molecule has 1 atom stereocenters. The molecule has 1 saturated heterocycles. The van der Waals surface area contributed by atoms with Crippen LogP contribution in [0.25, 0.3) is 0 Å². The molecule has 0 bridgehead atoms. The topological polar surface area (TPSA) is 63.8 Å². The quantitative estimate of drug-likeness (QED) is 0.833. The zero-order chi connectivity index (χ0) is 10.5. The molecule has 2 rings (SSSR count). The van der Waals surface area contributed by atoms with Crippen LogP contribution in [-0.2, 0) is 0 Å². The Labute approximate surface area is 97.8 Å². The normalized spacial score (nSPS) is 21.2. The maximum absolute atomic E-state index is 5.50. The van der Waals surface area contributed by atoms with E-state index < -0.39 is 0 Å². The summed E-state index contributed by atoms with van der Waals surface area (Å²) in [6.45, 7) is 0.953. The number of nitrogens with one attached hydrogen (secondary N) is 1. The van der Waals surface area contributed by atoms with Crippen LogP contribution in [0.5, 0.6) is 0 Å². The number of nitrogens with two attached hydrogens (primary N) is 1. The summed E-state index contributed by atoms with van der Waals surface area (Å²) in [7, 11) is 0. The van der Waals surface area contributed by atoms with Crippen molar-refractivity contribution in [1.29, 1.82) is 0 Å². The minimum atomic E-state index is 0.325. The molecule has 1 aliphatic rings. The Bertz CT molecular complexity index is 315. The van der Waals surface area contributed by atoms with E-state index in [1.54, 1.807) is 6.20 Å². The molecule has 0 saturated carbocycles. The summed E-state index contributed by atoms with van der Waals surface area (Å²) in [6, 6.07) is 1.84. The lowest BCUT2D eigenvalue weighted by Gasteiger charge is -2.21. The first-order chi connectivity index (χ1) is 7.34. The van der Waals surface area contributed by atoms with Gasteiger partial charge in [-0.25, -0.2) is 4.98 Å². The number of nitrogen functional groups attached to an aromatic ring is 1. The van der Waals surface area contributed by atoms with Gasteiger partial charge in [-0.05, 0) is 6.07 Å². The highest BCUT2D eigenvalue weighted by Gasteiger charge is 2.13. The summed E-state index contributed by atoms with van der Waals surface area (Å²) in [4.78, 5) is 7.95. The lowest BCUT2D eigenvalue weighted by atomic mass is 10.4. The monoisotopic (exact) mass is 242 g/mol. The summed E-state index contributed by atoms with van der Waals surface area (Å²) in [5.41, 5.74) is 5.50. The molecule has 0 aliphatic carbocycles. The van der Waals surface area contributed by atoms with Crippen molar-refractivity contribution in [3.8, 4) is 0 Å². The van der Waals surface area contributed by atoms with Crippen LogP contribution in [0, 0.1) is 0 Å². The Balaban J connectivity index is 1.81. The summed E-state index contributed by atoms with van der Waals surface area (Å²) >= 11 is 4.05. The summed E-state index contributed by atoms with van der Waals surface area (Å²) in [5.74, 6) is 4.90. The van der Waals surface area contributed by atoms with Crippen molar-refractivity contribution < 1.29 is 0 Å². The Morgan fingerprint density at radius 2 is 2.47 bits per heavy atom. The minimum absolute atomic E-state index is 0.325. The second kappa shape index (κ2) is 5.46. The summed E-state index contributed by atoms with van der Waals surface area (Å²) < 4.78 is 0. The van der Waals surface area contributed by atoms with Crippen molar-refractivity contribution >= 4 is 35.3 Å². The summed E-state index contributed by atoms with van der Waals surface area (Å²) in [6.07, 6.45) is 1.67. The molecule has 0 amide bonds. The molecular formula is C9H14N4S2. The fourth-order valence-electron chi connectivity index (χ4n) is 1.35. The predicted octanol–water partition coefficient (Wildman–Crippen LogP) is 1.32. The van der Waals surface area contributed by atoms with Crippen LogP contribution in [0.4, 0.5) is 11.8 Å². The number of hydrogen-bond donors (Lipinski definition) is 2. The molecular weight excluding hydrogens is 228 g/mol. The SMILES string of the molecule is Nc1nccc(NCC2CSCCS2)n1. The maximum atomic E-state index is 5.50. The van der Waals surface area contributed by atoms with E-state index in [2.05, 4.69) is 15.3 Å². The van der Waals surface area contributed by atoms with Gasteiger partial charge in [0.1, 0.15) is 5.82 Å². The van der Waals surface area contributed by atoms with Crippen molar-refractivity contribution in [1.82, 2.24) is 9.97 Å². The molecule has 0 radical (unpaired) electrons. The van der Waals surface area contributed by atoms with Gasteiger partial charge in [0, 0.05) is 35.3 Å². The van der Waals surface area contributed by atoms with E-state index in [9.17, 15) is 0 Å². The average molecular weight is 242 g/mol. The third-order valence-corrected chi connectivity index (χ3v) is 4.91. The molecule has 1 fully saturated rings. The van der Waals surface area contributed by atoms with Crippen molar-refractivity contribution in [2.75, 3.05) is 34.9 Å². The number of anilines is 2. The number of aromatic nitrogens is 2. The molecule has 0 spiro atoms. The Morgan fingerprint density at radius 1 is 1.53 bits per heavy atom. The molecule has 3 N–H and O–H groups in total. The molecule has 15 heavy (non-hydrogen) atoms. The van der Waals surface area contributed by atoms with Gasteiger partial charge in [0.25, 0.3) is 0 Å². The summed E-state index contributed by atoms with van der Waals surface area (Å²) in [5, 5.41) is 3.97. The highest BCUT2D eigenvalue weighted by atomic mass is 32.2. The Hall–Kier alpha value is -0.620. The molecule has 6 heteroatoms. The second-order valence-corrected chi connectivity index (χ2v) is 5.81. The van der Waals surface area contributed by atoms with Gasteiger partial charge in [-0.15, -0.1) is 0 Å². The van der Waals surface area contributed by atoms with Crippen molar-refractivity contribution in [2.45, 2.75) is 5.25 Å². The van der Waals surface area contributed by atoms with Crippen molar-refractivity contribution in [2.24, 2.45) is 0 Å². The zero-order valence-corrected chi connectivity index (χ0v) is 9.98. The van der Waals surface area contributed by atoms with Gasteiger partial charge in [-0.3, -0.25) is 0 Å². The zero-order valence-electron chi connectivity index (χ0n) is 8.35. The van der Waals surface area contributed by atoms with Crippen LogP contribution in [0.15, 0.2) is 12.3 Å². The van der Waals surface area contributed by atoms with E-state index in [4.69, 9.17) is 5.73 Å². The van der Waals surface area contributed by atoms with E-state index in [0.29, 0.717) is 11.2 Å². The molecule has 82 valence electrons. The van der Waals surface area contributed by atoms with E-state index in [1.807, 2.05) is 29.6 Å². The van der Waals surface area contributed by atoms with Crippen LogP contribution in [0.3, 0.4) is 0 Å². The predicted molar refractivity (Wildman–Crippen MR) is 68.5 cm³/mol. The van der Waals surface area contributed by atoms with Gasteiger partial charge >= 0.3 is 0 Å². The largest absolute Gasteiger partial charge is 0.369 e. The van der Waals surface area contributed by atoms with E-state index in [0.717, 1.165) is 12.4 Å². The molecule has 2 heterocycles. The number of thioether (sulfide) groups is 2. The lowest BCUT2D eigenvalue weighted by molar-refractivity contribution is 0.989. The first-order valence-electron chi connectivity index (χ1n) is 4.86. The lowest BCUT2D eigenvalue weighted by Crippen LogP contribution is -2.23. The van der Waals surface area contributed by atoms with Gasteiger partial charge in [0.2, 0.25) is 5.95 Å². The highest BCUT2D eigenvalue weighted by molar-refractivity contribution is 8.06. The third-order valence-electron chi connectivity index (χ3n) is 2.07. The molecule has 1 aliphatic heterocycles. The van der Waals surface area contributed by atoms with Crippen LogP contribution in [0.1, 0.15) is 0 Å². The Morgan fingerprint density at radius 3 is 3.20 bits per heavy atom. The third kappa shape index (κ3) is 3.46. The minimum Gasteiger partial charge on any atom is -0.369 e. The van der Waals surface area contributed by atoms with E-state index in [1.165, 1.54) is 17.3 Å². The van der Waals surface area contributed by atoms with Crippen LogP contribution >= 0.6 is 23.5 Å². The molecule has 0 aromatic carbocycles. The van der Waals surface area contributed by atoms with Gasteiger partial charge < -0.3 is 11.1 Å². The molecule has 1 unspecified atom stereocenters. The van der Waals surface area contributed by atoms with E-state index in [-0.39, 0.29) is 0 Å². The van der Waals surface area contributed by atoms with E-state index >= 15 is 0 Å². The maximum Gasteiger partial charge on any atom is 0.221 e. The number of rotatable bonds is 3. The van der Waals surface area contributed by atoms with Gasteiger partial charge in [0.15, 0.2) is 0 Å². The smallest absolute Gasteiger partial charge is 0.221 e. The fraction of sp³-hybridized carbons (Fsp3) is 0.556. The first kappa shape index (κ1) is 10.9. The number of hydrogen-bond acceptors (Lipinski definition) is 6. The van der Waals surface area contributed by atoms with Crippen LogP contribution in [0.2, 0.25) is 0 Å². The average Bonchev–Trinajstić information content (AvgIpc) is 2.28. The highest BCUT2D eigenvalue weighted by Crippen LogP contribution is 2.23. The molecule has 1 aromatic heterocycles. The molecule has 1 aromatic rings. The van der Waals surface area contributed by atoms with Crippen LogP contribution < -0.4 is 11.1 Å². The fourth-order valence-corrected chi connectivity index (χ4v) is 3.96. The number of nitrogens with zero attached hydrogens (tertiary/aromatic N) is 2. The standard InChI is InChI=1S/C9H14N4S2/c10-9-11-2-1-8(13-9)12-5-7-6-14-3-4-15-7/h1-2,7H,3-6H2,(H3,10,11,12,13).